The van der Waals surface area contributed by atoms with Crippen molar-refractivity contribution in [1.29, 1.82) is 0 Å². The number of hydrogen-bond donors (Lipinski definition) is 2. The first kappa shape index (κ1) is 22.5. The summed E-state index contributed by atoms with van der Waals surface area (Å²) >= 11 is 0. The van der Waals surface area contributed by atoms with Gasteiger partial charge in [-0.05, 0) is 40.7 Å². The molecule has 0 saturated heterocycles. The highest BCUT2D eigenvalue weighted by atomic mass is 19.2. The van der Waals surface area contributed by atoms with E-state index in [0.717, 1.165) is 27.8 Å². The number of aliphatic carboxylic acids is 1. The predicted octanol–water partition coefficient (Wildman–Crippen LogP) is 5.25. The molecule has 170 valence electrons. The van der Waals surface area contributed by atoms with Crippen molar-refractivity contribution in [3.63, 3.8) is 0 Å². The van der Waals surface area contributed by atoms with E-state index in [2.05, 4.69) is 0 Å². The lowest BCUT2D eigenvalue weighted by Gasteiger charge is -2.25. The molecule has 2 N–H and O–H groups in total. The second-order valence-electron chi connectivity index (χ2n) is 7.96. The lowest BCUT2D eigenvalue weighted by molar-refractivity contribution is -0.159. The molecule has 1 aliphatic rings. The number of halogens is 2. The van der Waals surface area contributed by atoms with Crippen molar-refractivity contribution in [2.24, 2.45) is 0 Å². The predicted molar refractivity (Wildman–Crippen MR) is 119 cm³/mol. The summed E-state index contributed by atoms with van der Waals surface area (Å²) in [7, 11) is 0. The summed E-state index contributed by atoms with van der Waals surface area (Å²) in [5.74, 6) is -6.00. The molecule has 0 radical (unpaired) electrons. The normalized spacial score (nSPS) is 15.1. The Labute approximate surface area is 190 Å². The smallest absolute Gasteiger partial charge is 0.410 e. The summed E-state index contributed by atoms with van der Waals surface area (Å²) in [6.07, 6.45) is -4.09. The first-order valence-electron chi connectivity index (χ1n) is 10.6. The van der Waals surface area contributed by atoms with Gasteiger partial charge in [0.25, 0.3) is 0 Å². The van der Waals surface area contributed by atoms with Gasteiger partial charge in [0, 0.05) is 5.92 Å². The van der Waals surface area contributed by atoms with Crippen LogP contribution in [-0.2, 0) is 16.0 Å². The number of fused-ring (bicyclic) bond motifs is 3. The topological polar surface area (TPSA) is 75.6 Å². The molecule has 0 saturated carbocycles. The van der Waals surface area contributed by atoms with Gasteiger partial charge in [0.2, 0.25) is 0 Å². The minimum Gasteiger partial charge on any atom is -0.477 e. The molecule has 3 aromatic rings. The first-order valence-corrected chi connectivity index (χ1v) is 10.6. The van der Waals surface area contributed by atoms with E-state index >= 15 is 4.39 Å². The maximum absolute atomic E-state index is 15.1. The third-order valence-electron chi connectivity index (χ3n) is 5.90. The number of nitrogens with one attached hydrogen (secondary N) is 1. The molecule has 7 heteroatoms. The average Bonchev–Trinajstić information content (AvgIpc) is 3.15. The molecule has 33 heavy (non-hydrogen) atoms. The second-order valence-corrected chi connectivity index (χ2v) is 7.96. The number of hydrogen-bond acceptors (Lipinski definition) is 3. The Bertz CT molecular complexity index is 1110. The van der Waals surface area contributed by atoms with Crippen molar-refractivity contribution in [3.8, 4) is 11.1 Å². The van der Waals surface area contributed by atoms with Crippen molar-refractivity contribution in [2.75, 3.05) is 6.61 Å². The van der Waals surface area contributed by atoms with Crippen LogP contribution < -0.4 is 5.32 Å². The number of alkyl carbamates (subject to hydrolysis) is 1. The number of rotatable bonds is 8. The minimum absolute atomic E-state index is 0.118. The van der Waals surface area contributed by atoms with E-state index in [1.807, 2.05) is 48.5 Å². The van der Waals surface area contributed by atoms with Crippen molar-refractivity contribution in [3.05, 3.63) is 95.6 Å². The fourth-order valence-electron chi connectivity index (χ4n) is 4.19. The van der Waals surface area contributed by atoms with Gasteiger partial charge in [-0.25, -0.2) is 18.4 Å². The minimum atomic E-state index is -3.60. The molecule has 0 aromatic heterocycles. The molecule has 0 fully saturated rings. The van der Waals surface area contributed by atoms with E-state index in [4.69, 9.17) is 4.74 Å². The molecule has 0 aliphatic heterocycles. The molecular formula is C26H23F2NO4. The number of aryl methyl sites for hydroxylation is 1. The molecule has 0 spiro atoms. The van der Waals surface area contributed by atoms with Gasteiger partial charge in [-0.2, -0.15) is 0 Å². The monoisotopic (exact) mass is 451 g/mol. The van der Waals surface area contributed by atoms with E-state index in [9.17, 15) is 19.1 Å². The highest BCUT2D eigenvalue weighted by Gasteiger charge is 2.49. The van der Waals surface area contributed by atoms with Gasteiger partial charge in [0.05, 0.1) is 0 Å². The van der Waals surface area contributed by atoms with Crippen LogP contribution in [0.25, 0.3) is 11.1 Å². The number of carbonyl (C=O) groups excluding carboxylic acids is 1. The number of amides is 1. The number of ether oxygens (including phenoxy) is 1. The number of carbonyl (C=O) groups is 2. The van der Waals surface area contributed by atoms with E-state index in [-0.39, 0.29) is 18.9 Å². The van der Waals surface area contributed by atoms with Crippen LogP contribution >= 0.6 is 0 Å². The van der Waals surface area contributed by atoms with Gasteiger partial charge < -0.3 is 9.84 Å². The number of carboxylic acids is 1. The Morgan fingerprint density at radius 3 is 2.06 bits per heavy atom. The summed E-state index contributed by atoms with van der Waals surface area (Å²) < 4.78 is 34.9. The number of alkyl halides is 2. The zero-order chi connectivity index (χ0) is 23.4. The molecule has 2 atom stereocenters. The largest absolute Gasteiger partial charge is 0.477 e. The Balaban J connectivity index is 1.42. The maximum Gasteiger partial charge on any atom is 0.410 e. The molecule has 2 unspecified atom stereocenters. The Kier molecular flexibility index (Phi) is 6.40. The van der Waals surface area contributed by atoms with Crippen LogP contribution in [0.1, 0.15) is 29.0 Å². The van der Waals surface area contributed by atoms with Crippen molar-refractivity contribution in [1.82, 2.24) is 5.32 Å². The lowest BCUT2D eigenvalue weighted by Crippen LogP contribution is -2.57. The van der Waals surface area contributed by atoms with Gasteiger partial charge >= 0.3 is 17.9 Å². The molecule has 5 nitrogen and oxygen atoms in total. The SMILES string of the molecule is O=C(NC(F)(C(=O)O)C(F)CCc1ccccc1)OCC1c2ccccc2-c2ccccc21. The van der Waals surface area contributed by atoms with Crippen LogP contribution in [0.15, 0.2) is 78.9 Å². The van der Waals surface area contributed by atoms with Gasteiger partial charge in [0.15, 0.2) is 6.17 Å². The molecule has 0 bridgehead atoms. The molecule has 1 aliphatic carbocycles. The van der Waals surface area contributed by atoms with E-state index in [1.54, 1.807) is 35.6 Å². The van der Waals surface area contributed by atoms with Crippen molar-refractivity contribution in [2.45, 2.75) is 30.7 Å². The van der Waals surface area contributed by atoms with Crippen molar-refractivity contribution < 1.29 is 28.2 Å². The Hall–Kier alpha value is -3.74. The van der Waals surface area contributed by atoms with Crippen LogP contribution in [0.5, 0.6) is 0 Å². The van der Waals surface area contributed by atoms with Crippen molar-refractivity contribution >= 4 is 12.1 Å². The van der Waals surface area contributed by atoms with Crippen LogP contribution in [0.3, 0.4) is 0 Å². The molecule has 4 rings (SSSR count). The van der Waals surface area contributed by atoms with Gasteiger partial charge in [-0.1, -0.05) is 78.9 Å². The maximum atomic E-state index is 15.1. The zero-order valence-electron chi connectivity index (χ0n) is 17.7. The summed E-state index contributed by atoms with van der Waals surface area (Å²) in [5.41, 5.74) is 4.65. The molecule has 1 amide bonds. The fourth-order valence-corrected chi connectivity index (χ4v) is 4.19. The van der Waals surface area contributed by atoms with Crippen LogP contribution in [0, 0.1) is 0 Å². The summed E-state index contributed by atoms with van der Waals surface area (Å²) in [5, 5.41) is 10.9. The van der Waals surface area contributed by atoms with Crippen LogP contribution in [-0.4, -0.2) is 35.7 Å². The van der Waals surface area contributed by atoms with Gasteiger partial charge in [0.1, 0.15) is 6.61 Å². The van der Waals surface area contributed by atoms with Crippen LogP contribution in [0.4, 0.5) is 13.6 Å². The third-order valence-corrected chi connectivity index (χ3v) is 5.90. The highest BCUT2D eigenvalue weighted by Crippen LogP contribution is 2.44. The summed E-state index contributed by atoms with van der Waals surface area (Å²) in [4.78, 5) is 23.8. The van der Waals surface area contributed by atoms with Gasteiger partial charge in [-0.15, -0.1) is 0 Å². The van der Waals surface area contributed by atoms with Gasteiger partial charge in [-0.3, -0.25) is 5.32 Å². The van der Waals surface area contributed by atoms with E-state index < -0.39 is 30.4 Å². The second kappa shape index (κ2) is 9.40. The quantitative estimate of drug-likeness (QED) is 0.459. The first-order chi connectivity index (χ1) is 15.9. The molecule has 3 aromatic carbocycles. The third kappa shape index (κ3) is 4.58. The zero-order valence-corrected chi connectivity index (χ0v) is 17.7. The molecule has 0 heterocycles. The lowest BCUT2D eigenvalue weighted by atomic mass is 9.98. The number of benzene rings is 3. The van der Waals surface area contributed by atoms with E-state index in [0.29, 0.717) is 0 Å². The number of carboxylic acid groups (broad SMARTS) is 1. The summed E-state index contributed by atoms with van der Waals surface area (Å²) in [6.45, 7) is -0.142. The fraction of sp³-hybridized carbons (Fsp3) is 0.231. The Morgan fingerprint density at radius 1 is 0.939 bits per heavy atom. The summed E-state index contributed by atoms with van der Waals surface area (Å²) in [6, 6.07) is 24.1. The standard InChI is InChI=1S/C26H23F2NO4/c27-23(15-14-17-8-2-1-3-9-17)26(28,24(30)31)29-25(32)33-16-22-20-12-6-4-10-18(20)19-11-5-7-13-21(19)22/h1-13,22-23H,14-16H2,(H,29,32)(H,30,31). The average molecular weight is 451 g/mol. The Morgan fingerprint density at radius 2 is 1.48 bits per heavy atom. The van der Waals surface area contributed by atoms with Crippen LogP contribution in [0.2, 0.25) is 0 Å². The molecular weight excluding hydrogens is 428 g/mol. The van der Waals surface area contributed by atoms with E-state index in [1.165, 1.54) is 0 Å². The highest BCUT2D eigenvalue weighted by molar-refractivity contribution is 5.83.